The molecule has 0 aliphatic heterocycles. The molecule has 3 atom stereocenters. The summed E-state index contributed by atoms with van der Waals surface area (Å²) in [6, 6.07) is 8.87. The molecule has 1 aliphatic carbocycles. The van der Waals surface area contributed by atoms with E-state index in [0.29, 0.717) is 6.04 Å². The van der Waals surface area contributed by atoms with Gasteiger partial charge in [0.25, 0.3) is 0 Å². The molecule has 0 aromatic heterocycles. The van der Waals surface area contributed by atoms with Crippen molar-refractivity contribution in [3.63, 3.8) is 0 Å². The summed E-state index contributed by atoms with van der Waals surface area (Å²) in [6.45, 7) is 9.50. The van der Waals surface area contributed by atoms with Crippen LogP contribution in [0.25, 0.3) is 0 Å². The number of benzene rings is 1. The van der Waals surface area contributed by atoms with Crippen molar-refractivity contribution in [2.75, 3.05) is 19.0 Å². The Hall–Kier alpha value is -1.06. The summed E-state index contributed by atoms with van der Waals surface area (Å²) in [4.78, 5) is 0. The van der Waals surface area contributed by atoms with Gasteiger partial charge in [0.15, 0.2) is 0 Å². The van der Waals surface area contributed by atoms with E-state index in [1.165, 1.54) is 11.3 Å². The predicted octanol–water partition coefficient (Wildman–Crippen LogP) is 3.59. The average molecular weight is 277 g/mol. The first-order chi connectivity index (χ1) is 9.47. The maximum atomic E-state index is 5.68. The second-order valence-corrected chi connectivity index (χ2v) is 6.48. The SMILES string of the molecule is CCOC1CC(Nc2ccccc2C(C)(C)C)C1OC. The van der Waals surface area contributed by atoms with Gasteiger partial charge >= 0.3 is 0 Å². The summed E-state index contributed by atoms with van der Waals surface area (Å²) in [5.41, 5.74) is 2.69. The van der Waals surface area contributed by atoms with E-state index in [-0.39, 0.29) is 17.6 Å². The Bertz CT molecular complexity index is 439. The molecule has 0 spiro atoms. The van der Waals surface area contributed by atoms with Gasteiger partial charge in [-0.15, -0.1) is 0 Å². The second kappa shape index (κ2) is 6.15. The molecule has 3 heteroatoms. The summed E-state index contributed by atoms with van der Waals surface area (Å²) in [6.07, 6.45) is 1.37. The maximum absolute atomic E-state index is 5.68. The monoisotopic (exact) mass is 277 g/mol. The van der Waals surface area contributed by atoms with Crippen LogP contribution in [0.5, 0.6) is 0 Å². The van der Waals surface area contributed by atoms with E-state index in [1.54, 1.807) is 7.11 Å². The van der Waals surface area contributed by atoms with Gasteiger partial charge in [-0.25, -0.2) is 0 Å². The van der Waals surface area contributed by atoms with E-state index in [1.807, 2.05) is 6.92 Å². The topological polar surface area (TPSA) is 30.5 Å². The lowest BCUT2D eigenvalue weighted by Gasteiger charge is -2.44. The molecule has 112 valence electrons. The third-order valence-corrected chi connectivity index (χ3v) is 3.98. The van der Waals surface area contributed by atoms with Crippen molar-refractivity contribution in [2.24, 2.45) is 0 Å². The van der Waals surface area contributed by atoms with Crippen LogP contribution in [0.15, 0.2) is 24.3 Å². The minimum atomic E-state index is 0.134. The Morgan fingerprint density at radius 1 is 1.25 bits per heavy atom. The van der Waals surface area contributed by atoms with Crippen LogP contribution in [0.3, 0.4) is 0 Å². The van der Waals surface area contributed by atoms with Crippen LogP contribution in [0.2, 0.25) is 0 Å². The molecule has 3 unspecified atom stereocenters. The van der Waals surface area contributed by atoms with Crippen LogP contribution in [0.1, 0.15) is 39.7 Å². The minimum Gasteiger partial charge on any atom is -0.379 e. The lowest BCUT2D eigenvalue weighted by atomic mass is 9.82. The molecule has 1 aromatic carbocycles. The van der Waals surface area contributed by atoms with Crippen molar-refractivity contribution < 1.29 is 9.47 Å². The van der Waals surface area contributed by atoms with Gasteiger partial charge in [0.1, 0.15) is 6.10 Å². The zero-order valence-electron chi connectivity index (χ0n) is 13.3. The number of methoxy groups -OCH3 is 1. The summed E-state index contributed by atoms with van der Waals surface area (Å²) >= 11 is 0. The molecule has 1 saturated carbocycles. The van der Waals surface area contributed by atoms with Crippen molar-refractivity contribution >= 4 is 5.69 Å². The number of anilines is 1. The van der Waals surface area contributed by atoms with Gasteiger partial charge in [-0.3, -0.25) is 0 Å². The quantitative estimate of drug-likeness (QED) is 0.892. The van der Waals surface area contributed by atoms with E-state index in [2.05, 4.69) is 50.4 Å². The second-order valence-electron chi connectivity index (χ2n) is 6.48. The Balaban J connectivity index is 2.08. The first kappa shape index (κ1) is 15.3. The molecule has 0 saturated heterocycles. The highest BCUT2D eigenvalue weighted by Crippen LogP contribution is 2.34. The standard InChI is InChI=1S/C17H27NO2/c1-6-20-15-11-14(16(15)19-5)18-13-10-8-7-9-12(13)17(2,3)4/h7-10,14-16,18H,6,11H2,1-5H3. The molecule has 0 amide bonds. The Labute approximate surface area is 122 Å². The van der Waals surface area contributed by atoms with Crippen LogP contribution < -0.4 is 5.32 Å². The number of hydrogen-bond acceptors (Lipinski definition) is 3. The molecule has 1 N–H and O–H groups in total. The molecule has 1 aliphatic rings. The van der Waals surface area contributed by atoms with E-state index in [9.17, 15) is 0 Å². The maximum Gasteiger partial charge on any atom is 0.103 e. The first-order valence-electron chi connectivity index (χ1n) is 7.47. The molecule has 3 nitrogen and oxygen atoms in total. The van der Waals surface area contributed by atoms with Crippen molar-refractivity contribution in [3.05, 3.63) is 29.8 Å². The Kier molecular flexibility index (Phi) is 4.71. The molecular formula is C17H27NO2. The number of ether oxygens (including phenoxy) is 2. The van der Waals surface area contributed by atoms with Gasteiger partial charge in [0.05, 0.1) is 12.1 Å². The third kappa shape index (κ3) is 3.15. The molecule has 0 bridgehead atoms. The molecule has 1 aromatic rings. The van der Waals surface area contributed by atoms with Gasteiger partial charge < -0.3 is 14.8 Å². The zero-order valence-corrected chi connectivity index (χ0v) is 13.3. The summed E-state index contributed by atoms with van der Waals surface area (Å²) in [5.74, 6) is 0. The fourth-order valence-electron chi connectivity index (χ4n) is 2.88. The van der Waals surface area contributed by atoms with Crippen molar-refractivity contribution in [1.82, 2.24) is 0 Å². The predicted molar refractivity (Wildman–Crippen MR) is 83.4 cm³/mol. The largest absolute Gasteiger partial charge is 0.379 e. The third-order valence-electron chi connectivity index (χ3n) is 3.98. The van der Waals surface area contributed by atoms with Crippen molar-refractivity contribution in [2.45, 2.75) is 57.8 Å². The summed E-state index contributed by atoms with van der Waals surface area (Å²) in [5, 5.41) is 3.64. The number of nitrogens with one attached hydrogen (secondary N) is 1. The van der Waals surface area contributed by atoms with Crippen LogP contribution in [-0.2, 0) is 14.9 Å². The number of rotatable bonds is 5. The Morgan fingerprint density at radius 2 is 1.95 bits per heavy atom. The molecule has 2 rings (SSSR count). The van der Waals surface area contributed by atoms with Gasteiger partial charge in [-0.05, 0) is 30.4 Å². The van der Waals surface area contributed by atoms with Gasteiger partial charge in [0.2, 0.25) is 0 Å². The lowest BCUT2D eigenvalue weighted by molar-refractivity contribution is -0.118. The highest BCUT2D eigenvalue weighted by molar-refractivity contribution is 5.55. The van der Waals surface area contributed by atoms with Crippen molar-refractivity contribution in [3.8, 4) is 0 Å². The fourth-order valence-corrected chi connectivity index (χ4v) is 2.88. The molecule has 20 heavy (non-hydrogen) atoms. The molecule has 1 fully saturated rings. The molecule has 0 heterocycles. The summed E-state index contributed by atoms with van der Waals surface area (Å²) < 4.78 is 11.3. The van der Waals surface area contributed by atoms with Crippen LogP contribution in [-0.4, -0.2) is 32.0 Å². The van der Waals surface area contributed by atoms with Gasteiger partial charge in [-0.1, -0.05) is 39.0 Å². The average Bonchev–Trinajstić information content (AvgIpc) is 2.37. The zero-order chi connectivity index (χ0) is 14.8. The molecule has 0 radical (unpaired) electrons. The molecular weight excluding hydrogens is 250 g/mol. The van der Waals surface area contributed by atoms with Crippen molar-refractivity contribution in [1.29, 1.82) is 0 Å². The number of para-hydroxylation sites is 1. The van der Waals surface area contributed by atoms with Crippen LogP contribution in [0.4, 0.5) is 5.69 Å². The van der Waals surface area contributed by atoms with E-state index in [0.717, 1.165) is 13.0 Å². The minimum absolute atomic E-state index is 0.134. The lowest BCUT2D eigenvalue weighted by Crippen LogP contribution is -2.57. The van der Waals surface area contributed by atoms with Crippen LogP contribution in [0, 0.1) is 0 Å². The fraction of sp³-hybridized carbons (Fsp3) is 0.647. The highest BCUT2D eigenvalue weighted by atomic mass is 16.5. The van der Waals surface area contributed by atoms with E-state index in [4.69, 9.17) is 9.47 Å². The van der Waals surface area contributed by atoms with E-state index < -0.39 is 0 Å². The van der Waals surface area contributed by atoms with Gasteiger partial charge in [0, 0.05) is 19.4 Å². The van der Waals surface area contributed by atoms with Crippen LogP contribution >= 0.6 is 0 Å². The first-order valence-corrected chi connectivity index (χ1v) is 7.47. The smallest absolute Gasteiger partial charge is 0.103 e. The van der Waals surface area contributed by atoms with Gasteiger partial charge in [-0.2, -0.15) is 0 Å². The van der Waals surface area contributed by atoms with E-state index >= 15 is 0 Å². The summed E-state index contributed by atoms with van der Waals surface area (Å²) in [7, 11) is 1.76. The number of hydrogen-bond donors (Lipinski definition) is 1. The Morgan fingerprint density at radius 3 is 2.55 bits per heavy atom. The highest BCUT2D eigenvalue weighted by Gasteiger charge is 2.42. The normalized spacial score (nSPS) is 26.1.